The summed E-state index contributed by atoms with van der Waals surface area (Å²) in [6.07, 6.45) is 1.72. The largest absolute Gasteiger partial charge is 0.484 e. The molecule has 0 unspecified atom stereocenters. The number of fused-ring (bicyclic) bond motifs is 1. The lowest BCUT2D eigenvalue weighted by atomic mass is 10.2. The lowest BCUT2D eigenvalue weighted by Gasteiger charge is -2.04. The van der Waals surface area contributed by atoms with Crippen LogP contribution in [0.1, 0.15) is 5.76 Å². The average molecular weight is 304 g/mol. The molecule has 3 rings (SSSR count). The molecule has 3 nitrogen and oxygen atoms in total. The van der Waals surface area contributed by atoms with E-state index in [0.29, 0.717) is 11.3 Å². The number of furan rings is 1. The van der Waals surface area contributed by atoms with Gasteiger partial charge in [0, 0.05) is 5.39 Å². The maximum Gasteiger partial charge on any atom is 0.169 e. The summed E-state index contributed by atoms with van der Waals surface area (Å²) in [6, 6.07) is 13.6. The number of ether oxygens (including phenoxy) is 1. The van der Waals surface area contributed by atoms with E-state index in [1.807, 2.05) is 42.5 Å². The summed E-state index contributed by atoms with van der Waals surface area (Å²) in [5.74, 6) is 1.51. The van der Waals surface area contributed by atoms with E-state index in [1.165, 1.54) is 0 Å². The van der Waals surface area contributed by atoms with E-state index in [9.17, 15) is 0 Å². The highest BCUT2D eigenvalue weighted by Gasteiger charge is 2.02. The summed E-state index contributed by atoms with van der Waals surface area (Å²) in [5, 5.41) is 1.07. The van der Waals surface area contributed by atoms with Crippen LogP contribution in [0.15, 0.2) is 57.7 Å². The third-order valence-corrected chi connectivity index (χ3v) is 3.00. The van der Waals surface area contributed by atoms with Gasteiger partial charge in [0.25, 0.3) is 0 Å². The lowest BCUT2D eigenvalue weighted by Crippen LogP contribution is -1.94. The molecular weight excluding hydrogens is 294 g/mol. The first-order valence-corrected chi connectivity index (χ1v) is 6.32. The molecule has 18 heavy (non-hydrogen) atoms. The fraction of sp³-hybridized carbons (Fsp3) is 0.0714. The van der Waals surface area contributed by atoms with Crippen LogP contribution in [0.5, 0.6) is 5.75 Å². The van der Waals surface area contributed by atoms with Crippen LogP contribution in [0.2, 0.25) is 0 Å². The molecule has 90 valence electrons. The number of nitrogens with zero attached hydrogens (tertiary/aromatic N) is 1. The molecule has 4 heteroatoms. The van der Waals surface area contributed by atoms with Crippen LogP contribution in [0.4, 0.5) is 0 Å². The quantitative estimate of drug-likeness (QED) is 0.728. The Labute approximate surface area is 113 Å². The van der Waals surface area contributed by atoms with Crippen LogP contribution in [-0.2, 0) is 6.61 Å². The van der Waals surface area contributed by atoms with Crippen molar-refractivity contribution in [3.05, 3.63) is 59.1 Å². The Morgan fingerprint density at radius 2 is 2.06 bits per heavy atom. The van der Waals surface area contributed by atoms with Gasteiger partial charge in [-0.1, -0.05) is 18.2 Å². The number of aromatic nitrogens is 1. The molecule has 0 bridgehead atoms. The minimum Gasteiger partial charge on any atom is -0.484 e. The van der Waals surface area contributed by atoms with Gasteiger partial charge in [0.1, 0.15) is 18.1 Å². The van der Waals surface area contributed by atoms with Crippen molar-refractivity contribution in [3.8, 4) is 5.75 Å². The molecule has 0 fully saturated rings. The maximum absolute atomic E-state index is 5.64. The van der Waals surface area contributed by atoms with Gasteiger partial charge in [-0.25, -0.2) is 0 Å². The Balaban J connectivity index is 1.78. The molecule has 1 aromatic carbocycles. The standard InChI is InChI=1S/C14H10BrNO2/c15-14-6-5-11(18-14)9-17-12-7-10-3-1-2-4-13(10)16-8-12/h1-8H,9H2. The van der Waals surface area contributed by atoms with Crippen molar-refractivity contribution in [2.75, 3.05) is 0 Å². The topological polar surface area (TPSA) is 35.3 Å². The smallest absolute Gasteiger partial charge is 0.169 e. The Morgan fingerprint density at radius 1 is 1.17 bits per heavy atom. The van der Waals surface area contributed by atoms with Crippen molar-refractivity contribution in [2.24, 2.45) is 0 Å². The summed E-state index contributed by atoms with van der Waals surface area (Å²) in [5.41, 5.74) is 0.964. The zero-order chi connectivity index (χ0) is 12.4. The first-order chi connectivity index (χ1) is 8.81. The summed E-state index contributed by atoms with van der Waals surface area (Å²) >= 11 is 3.26. The van der Waals surface area contributed by atoms with Gasteiger partial charge in [0.15, 0.2) is 4.67 Å². The highest BCUT2D eigenvalue weighted by molar-refractivity contribution is 9.10. The molecule has 3 aromatic rings. The molecular formula is C14H10BrNO2. The van der Waals surface area contributed by atoms with Gasteiger partial charge in [-0.3, -0.25) is 4.98 Å². The number of rotatable bonds is 3. The van der Waals surface area contributed by atoms with Gasteiger partial charge in [0.05, 0.1) is 11.7 Å². The van der Waals surface area contributed by atoms with E-state index in [0.717, 1.165) is 22.4 Å². The summed E-state index contributed by atoms with van der Waals surface area (Å²) in [6.45, 7) is 0.394. The minimum atomic E-state index is 0.394. The fourth-order valence-corrected chi connectivity index (χ4v) is 2.05. The van der Waals surface area contributed by atoms with Crippen molar-refractivity contribution >= 4 is 26.8 Å². The van der Waals surface area contributed by atoms with Crippen LogP contribution in [0, 0.1) is 0 Å². The maximum atomic E-state index is 5.64. The highest BCUT2D eigenvalue weighted by Crippen LogP contribution is 2.20. The average Bonchev–Trinajstić information content (AvgIpc) is 2.82. The van der Waals surface area contributed by atoms with Gasteiger partial charge in [-0.05, 0) is 40.2 Å². The highest BCUT2D eigenvalue weighted by atomic mass is 79.9. The molecule has 0 amide bonds. The third-order valence-electron chi connectivity index (χ3n) is 2.58. The van der Waals surface area contributed by atoms with Crippen LogP contribution in [-0.4, -0.2) is 4.98 Å². The SMILES string of the molecule is Brc1ccc(COc2cnc3ccccc3c2)o1. The first kappa shape index (κ1) is 11.3. The molecule has 0 aliphatic heterocycles. The molecule has 0 N–H and O–H groups in total. The predicted octanol–water partition coefficient (Wildman–Crippen LogP) is 4.17. The minimum absolute atomic E-state index is 0.394. The van der Waals surface area contributed by atoms with E-state index in [1.54, 1.807) is 6.20 Å². The first-order valence-electron chi connectivity index (χ1n) is 5.53. The van der Waals surface area contributed by atoms with Crippen molar-refractivity contribution in [1.29, 1.82) is 0 Å². The molecule has 0 radical (unpaired) electrons. The van der Waals surface area contributed by atoms with Gasteiger partial charge >= 0.3 is 0 Å². The second-order valence-electron chi connectivity index (χ2n) is 3.86. The van der Waals surface area contributed by atoms with Crippen molar-refractivity contribution in [1.82, 2.24) is 4.98 Å². The molecule has 0 atom stereocenters. The number of benzene rings is 1. The summed E-state index contributed by atoms with van der Waals surface area (Å²) in [7, 11) is 0. The van der Waals surface area contributed by atoms with E-state index >= 15 is 0 Å². The Hall–Kier alpha value is -1.81. The molecule has 2 heterocycles. The van der Waals surface area contributed by atoms with E-state index in [-0.39, 0.29) is 0 Å². The lowest BCUT2D eigenvalue weighted by molar-refractivity contribution is 0.267. The number of para-hydroxylation sites is 1. The normalized spacial score (nSPS) is 10.7. The van der Waals surface area contributed by atoms with E-state index < -0.39 is 0 Å². The number of hydrogen-bond acceptors (Lipinski definition) is 3. The summed E-state index contributed by atoms with van der Waals surface area (Å²) in [4.78, 5) is 4.33. The molecule has 2 aromatic heterocycles. The zero-order valence-electron chi connectivity index (χ0n) is 9.47. The van der Waals surface area contributed by atoms with Gasteiger partial charge in [-0.2, -0.15) is 0 Å². The van der Waals surface area contributed by atoms with E-state index in [4.69, 9.17) is 9.15 Å². The van der Waals surface area contributed by atoms with Crippen LogP contribution < -0.4 is 4.74 Å². The second kappa shape index (κ2) is 4.82. The molecule has 0 aliphatic carbocycles. The Bertz CT molecular complexity index is 678. The van der Waals surface area contributed by atoms with Crippen LogP contribution in [0.25, 0.3) is 10.9 Å². The van der Waals surface area contributed by atoms with E-state index in [2.05, 4.69) is 20.9 Å². The molecule has 0 saturated heterocycles. The molecule has 0 saturated carbocycles. The number of hydrogen-bond donors (Lipinski definition) is 0. The number of halogens is 1. The van der Waals surface area contributed by atoms with Crippen molar-refractivity contribution in [3.63, 3.8) is 0 Å². The number of pyridine rings is 1. The zero-order valence-corrected chi connectivity index (χ0v) is 11.1. The predicted molar refractivity (Wildman–Crippen MR) is 72.5 cm³/mol. The third kappa shape index (κ3) is 2.38. The van der Waals surface area contributed by atoms with Gasteiger partial charge in [-0.15, -0.1) is 0 Å². The monoisotopic (exact) mass is 303 g/mol. The van der Waals surface area contributed by atoms with Crippen molar-refractivity contribution < 1.29 is 9.15 Å². The van der Waals surface area contributed by atoms with Crippen LogP contribution in [0.3, 0.4) is 0 Å². The second-order valence-corrected chi connectivity index (χ2v) is 4.64. The Morgan fingerprint density at radius 3 is 2.89 bits per heavy atom. The Kier molecular flexibility index (Phi) is 3.02. The van der Waals surface area contributed by atoms with Crippen LogP contribution >= 0.6 is 15.9 Å². The fourth-order valence-electron chi connectivity index (χ4n) is 1.71. The van der Waals surface area contributed by atoms with Crippen molar-refractivity contribution in [2.45, 2.75) is 6.61 Å². The molecule has 0 spiro atoms. The van der Waals surface area contributed by atoms with Gasteiger partial charge < -0.3 is 9.15 Å². The summed E-state index contributed by atoms with van der Waals surface area (Å²) < 4.78 is 11.7. The van der Waals surface area contributed by atoms with Gasteiger partial charge in [0.2, 0.25) is 0 Å². The molecule has 0 aliphatic rings.